The Balaban J connectivity index is 1.71. The Morgan fingerprint density at radius 1 is 1.00 bits per heavy atom. The molecule has 0 radical (unpaired) electrons. The summed E-state index contributed by atoms with van der Waals surface area (Å²) in [6.45, 7) is 5.60. The van der Waals surface area contributed by atoms with E-state index in [1.54, 1.807) is 32.0 Å². The van der Waals surface area contributed by atoms with Crippen molar-refractivity contribution in [1.29, 1.82) is 0 Å². The lowest BCUT2D eigenvalue weighted by Gasteiger charge is -2.16. The first-order valence-corrected chi connectivity index (χ1v) is 9.22. The molecule has 5 heteroatoms. The van der Waals surface area contributed by atoms with Crippen molar-refractivity contribution >= 4 is 28.3 Å². The average Bonchev–Trinajstić information content (AvgIpc) is 2.69. The minimum Gasteiger partial charge on any atom is -0.481 e. The zero-order valence-corrected chi connectivity index (χ0v) is 16.2. The molecule has 5 nitrogen and oxygen atoms in total. The molecule has 0 aliphatic carbocycles. The molecule has 28 heavy (non-hydrogen) atoms. The number of amides is 1. The summed E-state index contributed by atoms with van der Waals surface area (Å²) in [5.41, 5.74) is 1.80. The van der Waals surface area contributed by atoms with Crippen LogP contribution in [0.25, 0.3) is 10.8 Å². The molecule has 1 N–H and O–H groups in total. The molecule has 1 atom stereocenters. The highest BCUT2D eigenvalue weighted by Gasteiger charge is 2.17. The highest BCUT2D eigenvalue weighted by Crippen LogP contribution is 2.22. The number of aryl methyl sites for hydroxylation is 1. The lowest BCUT2D eigenvalue weighted by Crippen LogP contribution is -2.30. The third-order valence-electron chi connectivity index (χ3n) is 4.41. The van der Waals surface area contributed by atoms with E-state index in [0.717, 1.165) is 16.3 Å². The van der Waals surface area contributed by atoms with Gasteiger partial charge in [-0.3, -0.25) is 4.79 Å². The van der Waals surface area contributed by atoms with Crippen molar-refractivity contribution in [3.8, 4) is 5.75 Å². The van der Waals surface area contributed by atoms with Crippen molar-refractivity contribution in [3.63, 3.8) is 0 Å². The van der Waals surface area contributed by atoms with E-state index in [4.69, 9.17) is 9.47 Å². The van der Waals surface area contributed by atoms with Crippen LogP contribution in [0, 0.1) is 6.92 Å². The van der Waals surface area contributed by atoms with E-state index in [2.05, 4.69) is 5.32 Å². The van der Waals surface area contributed by atoms with Crippen LogP contribution in [0.3, 0.4) is 0 Å². The van der Waals surface area contributed by atoms with Crippen LogP contribution in [0.1, 0.15) is 29.8 Å². The van der Waals surface area contributed by atoms with Crippen LogP contribution in [0.4, 0.5) is 5.69 Å². The van der Waals surface area contributed by atoms with Crippen molar-refractivity contribution in [2.75, 3.05) is 11.9 Å². The molecule has 3 rings (SSSR count). The standard InChI is InChI=1S/C23H23NO4/c1-4-27-23(26)19-10-9-15(2)21(14-19)24-22(25)16(3)28-20-12-11-17-7-5-6-8-18(17)13-20/h5-14,16H,4H2,1-3H3,(H,24,25). The largest absolute Gasteiger partial charge is 0.481 e. The summed E-state index contributed by atoms with van der Waals surface area (Å²) >= 11 is 0. The van der Waals surface area contributed by atoms with Crippen molar-refractivity contribution < 1.29 is 19.1 Å². The lowest BCUT2D eigenvalue weighted by molar-refractivity contribution is -0.122. The fourth-order valence-corrected chi connectivity index (χ4v) is 2.83. The van der Waals surface area contributed by atoms with Gasteiger partial charge in [0, 0.05) is 5.69 Å². The van der Waals surface area contributed by atoms with E-state index in [1.165, 1.54) is 0 Å². The Labute approximate surface area is 164 Å². The maximum Gasteiger partial charge on any atom is 0.338 e. The second-order valence-corrected chi connectivity index (χ2v) is 6.51. The van der Waals surface area contributed by atoms with Gasteiger partial charge in [0.1, 0.15) is 5.75 Å². The van der Waals surface area contributed by atoms with E-state index in [1.807, 2.05) is 49.4 Å². The summed E-state index contributed by atoms with van der Waals surface area (Å²) < 4.78 is 10.8. The summed E-state index contributed by atoms with van der Waals surface area (Å²) in [6, 6.07) is 18.7. The topological polar surface area (TPSA) is 64.6 Å². The van der Waals surface area contributed by atoms with Gasteiger partial charge in [-0.1, -0.05) is 36.4 Å². The molecule has 0 aliphatic rings. The molecule has 1 amide bonds. The predicted octanol–water partition coefficient (Wildman–Crippen LogP) is 4.73. The van der Waals surface area contributed by atoms with E-state index in [0.29, 0.717) is 23.6 Å². The van der Waals surface area contributed by atoms with Gasteiger partial charge in [0.2, 0.25) is 0 Å². The minimum absolute atomic E-state index is 0.294. The first kappa shape index (κ1) is 19.4. The van der Waals surface area contributed by atoms with E-state index in [-0.39, 0.29) is 5.91 Å². The third kappa shape index (κ3) is 4.49. The Morgan fingerprint density at radius 2 is 1.75 bits per heavy atom. The van der Waals surface area contributed by atoms with Crippen LogP contribution in [0.2, 0.25) is 0 Å². The number of rotatable bonds is 6. The van der Waals surface area contributed by atoms with Crippen LogP contribution in [-0.4, -0.2) is 24.6 Å². The van der Waals surface area contributed by atoms with Gasteiger partial charge < -0.3 is 14.8 Å². The van der Waals surface area contributed by atoms with Gasteiger partial charge in [-0.2, -0.15) is 0 Å². The van der Waals surface area contributed by atoms with E-state index >= 15 is 0 Å². The van der Waals surface area contributed by atoms with Crippen LogP contribution in [-0.2, 0) is 9.53 Å². The summed E-state index contributed by atoms with van der Waals surface area (Å²) in [5.74, 6) is -0.0888. The van der Waals surface area contributed by atoms with Crippen molar-refractivity contribution in [1.82, 2.24) is 0 Å². The third-order valence-corrected chi connectivity index (χ3v) is 4.41. The molecular formula is C23H23NO4. The number of benzene rings is 3. The van der Waals surface area contributed by atoms with Crippen LogP contribution in [0.5, 0.6) is 5.75 Å². The highest BCUT2D eigenvalue weighted by molar-refractivity contribution is 5.97. The number of fused-ring (bicyclic) bond motifs is 1. The maximum atomic E-state index is 12.6. The molecule has 144 valence electrons. The Bertz CT molecular complexity index is 1010. The number of esters is 1. The van der Waals surface area contributed by atoms with Gasteiger partial charge >= 0.3 is 5.97 Å². The smallest absolute Gasteiger partial charge is 0.338 e. The monoisotopic (exact) mass is 377 g/mol. The molecular weight excluding hydrogens is 354 g/mol. The van der Waals surface area contributed by atoms with Crippen molar-refractivity contribution in [2.45, 2.75) is 26.9 Å². The summed E-state index contributed by atoms with van der Waals surface area (Å²) in [7, 11) is 0. The van der Waals surface area contributed by atoms with Gasteiger partial charge in [0.25, 0.3) is 5.91 Å². The molecule has 0 saturated carbocycles. The van der Waals surface area contributed by atoms with Crippen molar-refractivity contribution in [2.24, 2.45) is 0 Å². The van der Waals surface area contributed by atoms with E-state index < -0.39 is 12.1 Å². The number of ether oxygens (including phenoxy) is 2. The number of hydrogen-bond donors (Lipinski definition) is 1. The maximum absolute atomic E-state index is 12.6. The molecule has 0 aliphatic heterocycles. The summed E-state index contributed by atoms with van der Waals surface area (Å²) in [5, 5.41) is 4.99. The van der Waals surface area contributed by atoms with Gasteiger partial charge in [-0.05, 0) is 61.4 Å². The zero-order chi connectivity index (χ0) is 20.1. The second kappa shape index (κ2) is 8.57. The van der Waals surface area contributed by atoms with Gasteiger partial charge in [-0.15, -0.1) is 0 Å². The normalized spacial score (nSPS) is 11.7. The number of nitrogens with one attached hydrogen (secondary N) is 1. The number of carbonyl (C=O) groups excluding carboxylic acids is 2. The lowest BCUT2D eigenvalue weighted by atomic mass is 10.1. The number of hydrogen-bond acceptors (Lipinski definition) is 4. The fraction of sp³-hybridized carbons (Fsp3) is 0.217. The van der Waals surface area contributed by atoms with Gasteiger partial charge in [0.05, 0.1) is 12.2 Å². The van der Waals surface area contributed by atoms with E-state index in [9.17, 15) is 9.59 Å². The molecule has 0 heterocycles. The Morgan fingerprint density at radius 3 is 2.50 bits per heavy atom. The second-order valence-electron chi connectivity index (χ2n) is 6.51. The highest BCUT2D eigenvalue weighted by atomic mass is 16.5. The zero-order valence-electron chi connectivity index (χ0n) is 16.2. The predicted molar refractivity (Wildman–Crippen MR) is 110 cm³/mol. The molecule has 0 fully saturated rings. The van der Waals surface area contributed by atoms with Crippen LogP contribution < -0.4 is 10.1 Å². The molecule has 3 aromatic rings. The Kier molecular flexibility index (Phi) is 5.94. The first-order valence-electron chi connectivity index (χ1n) is 9.22. The minimum atomic E-state index is -0.702. The average molecular weight is 377 g/mol. The number of carbonyl (C=O) groups is 2. The molecule has 0 spiro atoms. The Hall–Kier alpha value is -3.34. The summed E-state index contributed by atoms with van der Waals surface area (Å²) in [6.07, 6.45) is -0.702. The van der Waals surface area contributed by atoms with Gasteiger partial charge in [-0.25, -0.2) is 4.79 Å². The quantitative estimate of drug-likeness (QED) is 0.631. The first-order chi connectivity index (χ1) is 13.5. The fourth-order valence-electron chi connectivity index (χ4n) is 2.83. The van der Waals surface area contributed by atoms with Crippen LogP contribution >= 0.6 is 0 Å². The van der Waals surface area contributed by atoms with Crippen molar-refractivity contribution in [3.05, 3.63) is 71.8 Å². The number of anilines is 1. The molecule has 0 aromatic heterocycles. The molecule has 3 aromatic carbocycles. The summed E-state index contributed by atoms with van der Waals surface area (Å²) in [4.78, 5) is 24.5. The molecule has 0 saturated heterocycles. The molecule has 1 unspecified atom stereocenters. The van der Waals surface area contributed by atoms with Gasteiger partial charge in [0.15, 0.2) is 6.10 Å². The molecule has 0 bridgehead atoms. The SMILES string of the molecule is CCOC(=O)c1ccc(C)c(NC(=O)C(C)Oc2ccc3ccccc3c2)c1. The van der Waals surface area contributed by atoms with Crippen LogP contribution in [0.15, 0.2) is 60.7 Å².